The second kappa shape index (κ2) is 9.80. The fourth-order valence-corrected chi connectivity index (χ4v) is 3.36. The van der Waals surface area contributed by atoms with Crippen molar-refractivity contribution in [3.63, 3.8) is 0 Å². The molecule has 0 aliphatic rings. The predicted octanol–water partition coefficient (Wildman–Crippen LogP) is 2.23. The molecule has 2 amide bonds. The van der Waals surface area contributed by atoms with Gasteiger partial charge in [0.1, 0.15) is 23.5 Å². The maximum Gasteiger partial charge on any atom is 0.268 e. The fourth-order valence-electron chi connectivity index (χ4n) is 3.36. The number of amides is 2. The average molecular weight is 422 g/mol. The third-order valence-corrected chi connectivity index (χ3v) is 4.84. The first-order valence-corrected chi connectivity index (χ1v) is 10.0. The number of nitriles is 1. The van der Waals surface area contributed by atoms with Crippen molar-refractivity contribution in [1.29, 1.82) is 5.26 Å². The quantitative estimate of drug-likeness (QED) is 0.488. The molecule has 0 fully saturated rings. The number of benzene rings is 1. The molecule has 2 atom stereocenters. The van der Waals surface area contributed by atoms with E-state index in [4.69, 9.17) is 4.74 Å². The summed E-state index contributed by atoms with van der Waals surface area (Å²) < 4.78 is 7.05. The maximum atomic E-state index is 12.9. The predicted molar refractivity (Wildman–Crippen MR) is 115 cm³/mol. The fraction of sp³-hybridized carbons (Fsp3) is 0.364. The molecule has 0 saturated heterocycles. The van der Waals surface area contributed by atoms with Gasteiger partial charge in [-0.15, -0.1) is 0 Å². The van der Waals surface area contributed by atoms with Gasteiger partial charge in [-0.1, -0.05) is 19.9 Å². The highest BCUT2D eigenvalue weighted by Gasteiger charge is 2.25. The summed E-state index contributed by atoms with van der Waals surface area (Å²) >= 11 is 0. The van der Waals surface area contributed by atoms with Crippen LogP contribution in [0.2, 0.25) is 0 Å². The molecule has 31 heavy (non-hydrogen) atoms. The van der Waals surface area contributed by atoms with E-state index in [0.29, 0.717) is 17.9 Å². The van der Waals surface area contributed by atoms with Gasteiger partial charge in [0.15, 0.2) is 0 Å². The highest BCUT2D eigenvalue weighted by molar-refractivity contribution is 6.01. The Kier molecular flexibility index (Phi) is 6.92. The molecule has 3 N–H and O–H groups in total. The van der Waals surface area contributed by atoms with Crippen molar-refractivity contribution >= 4 is 22.7 Å². The number of methoxy groups -OCH3 is 1. The second-order valence-electron chi connectivity index (χ2n) is 7.71. The SMILES string of the molecule is COc1cccc2[nH]c(C(=O)N[C@@H](CC(C)C)C(=O)N[C@H](C#N)Cn3ccnc3)cc12. The van der Waals surface area contributed by atoms with E-state index in [1.165, 1.54) is 0 Å². The number of hydrogen-bond acceptors (Lipinski definition) is 5. The third-order valence-electron chi connectivity index (χ3n) is 4.84. The highest BCUT2D eigenvalue weighted by Crippen LogP contribution is 2.26. The van der Waals surface area contributed by atoms with Crippen molar-refractivity contribution in [1.82, 2.24) is 25.2 Å². The Morgan fingerprint density at radius 1 is 1.32 bits per heavy atom. The standard InChI is InChI=1S/C22H26N6O3/c1-14(2)9-18(21(29)25-15(11-23)12-28-8-7-24-13-28)27-22(30)19-10-16-17(26-19)5-4-6-20(16)31-3/h4-8,10,13-15,18,26H,9,12H2,1-3H3,(H,25,29)(H,27,30)/t15-,18+/m1/s1. The van der Waals surface area contributed by atoms with Crippen LogP contribution in [0.5, 0.6) is 5.75 Å². The molecule has 3 aromatic rings. The lowest BCUT2D eigenvalue weighted by Crippen LogP contribution is -2.50. The van der Waals surface area contributed by atoms with E-state index in [1.807, 2.05) is 32.0 Å². The maximum absolute atomic E-state index is 12.9. The number of hydrogen-bond donors (Lipinski definition) is 3. The van der Waals surface area contributed by atoms with Crippen molar-refractivity contribution in [3.8, 4) is 11.8 Å². The number of aromatic amines is 1. The lowest BCUT2D eigenvalue weighted by atomic mass is 10.0. The van der Waals surface area contributed by atoms with Crippen LogP contribution in [0.1, 0.15) is 30.8 Å². The van der Waals surface area contributed by atoms with Gasteiger partial charge in [0.2, 0.25) is 5.91 Å². The van der Waals surface area contributed by atoms with Gasteiger partial charge in [-0.2, -0.15) is 5.26 Å². The molecule has 0 aliphatic carbocycles. The number of ether oxygens (including phenoxy) is 1. The molecule has 3 rings (SSSR count). The van der Waals surface area contributed by atoms with Gasteiger partial charge in [0, 0.05) is 23.3 Å². The minimum Gasteiger partial charge on any atom is -0.496 e. The van der Waals surface area contributed by atoms with Gasteiger partial charge in [-0.05, 0) is 30.5 Å². The van der Waals surface area contributed by atoms with Crippen molar-refractivity contribution in [2.75, 3.05) is 7.11 Å². The Labute approximate surface area is 180 Å². The van der Waals surface area contributed by atoms with E-state index in [2.05, 4.69) is 26.7 Å². The molecule has 0 spiro atoms. The summed E-state index contributed by atoms with van der Waals surface area (Å²) in [5.41, 5.74) is 1.09. The summed E-state index contributed by atoms with van der Waals surface area (Å²) in [6, 6.07) is 7.75. The monoisotopic (exact) mass is 422 g/mol. The van der Waals surface area contributed by atoms with E-state index in [0.717, 1.165) is 10.9 Å². The summed E-state index contributed by atoms with van der Waals surface area (Å²) in [4.78, 5) is 32.8. The zero-order valence-electron chi connectivity index (χ0n) is 17.8. The van der Waals surface area contributed by atoms with Crippen LogP contribution in [-0.2, 0) is 11.3 Å². The molecule has 9 heteroatoms. The summed E-state index contributed by atoms with van der Waals surface area (Å²) in [5, 5.41) is 15.7. The zero-order chi connectivity index (χ0) is 22.4. The van der Waals surface area contributed by atoms with E-state index < -0.39 is 23.9 Å². The Bertz CT molecular complexity index is 1080. The van der Waals surface area contributed by atoms with Gasteiger partial charge in [-0.3, -0.25) is 9.59 Å². The first-order chi connectivity index (χ1) is 14.9. The van der Waals surface area contributed by atoms with Gasteiger partial charge in [0.25, 0.3) is 5.91 Å². The summed E-state index contributed by atoms with van der Waals surface area (Å²) in [7, 11) is 1.57. The van der Waals surface area contributed by atoms with Crippen LogP contribution >= 0.6 is 0 Å². The molecular weight excluding hydrogens is 396 g/mol. The molecular formula is C22H26N6O3. The first-order valence-electron chi connectivity index (χ1n) is 10.0. The molecule has 1 aromatic carbocycles. The topological polar surface area (TPSA) is 125 Å². The van der Waals surface area contributed by atoms with Gasteiger partial charge < -0.3 is 24.9 Å². The Balaban J connectivity index is 1.73. The first kappa shape index (κ1) is 21.9. The van der Waals surface area contributed by atoms with Crippen LogP contribution in [0.15, 0.2) is 43.0 Å². The Morgan fingerprint density at radius 3 is 2.77 bits per heavy atom. The minimum absolute atomic E-state index is 0.160. The smallest absolute Gasteiger partial charge is 0.268 e. The second-order valence-corrected chi connectivity index (χ2v) is 7.71. The molecule has 0 radical (unpaired) electrons. The number of fused-ring (bicyclic) bond motifs is 1. The molecule has 2 aromatic heterocycles. The van der Waals surface area contributed by atoms with Crippen molar-refractivity contribution in [2.24, 2.45) is 5.92 Å². The van der Waals surface area contributed by atoms with Gasteiger partial charge in [-0.25, -0.2) is 4.98 Å². The van der Waals surface area contributed by atoms with E-state index in [9.17, 15) is 14.9 Å². The van der Waals surface area contributed by atoms with Crippen molar-refractivity contribution in [2.45, 2.75) is 38.9 Å². The van der Waals surface area contributed by atoms with Crippen LogP contribution in [0.4, 0.5) is 0 Å². The van der Waals surface area contributed by atoms with Crippen molar-refractivity contribution < 1.29 is 14.3 Å². The van der Waals surface area contributed by atoms with E-state index in [1.54, 1.807) is 36.5 Å². The molecule has 162 valence electrons. The molecule has 2 heterocycles. The lowest BCUT2D eigenvalue weighted by Gasteiger charge is -2.21. The number of nitrogens with zero attached hydrogens (tertiary/aromatic N) is 3. The molecule has 0 bridgehead atoms. The molecule has 9 nitrogen and oxygen atoms in total. The number of rotatable bonds is 9. The highest BCUT2D eigenvalue weighted by atomic mass is 16.5. The van der Waals surface area contributed by atoms with Crippen LogP contribution in [0, 0.1) is 17.2 Å². The summed E-state index contributed by atoms with van der Waals surface area (Å²) in [6.45, 7) is 4.20. The number of aromatic nitrogens is 3. The van der Waals surface area contributed by atoms with Crippen molar-refractivity contribution in [3.05, 3.63) is 48.7 Å². The lowest BCUT2D eigenvalue weighted by molar-refractivity contribution is -0.123. The zero-order valence-corrected chi connectivity index (χ0v) is 17.8. The van der Waals surface area contributed by atoms with Gasteiger partial charge in [0.05, 0.1) is 26.1 Å². The summed E-state index contributed by atoms with van der Waals surface area (Å²) in [5.74, 6) is 0.0123. The third kappa shape index (κ3) is 5.42. The van der Waals surface area contributed by atoms with E-state index >= 15 is 0 Å². The minimum atomic E-state index is -0.778. The number of imidazole rings is 1. The number of nitrogens with one attached hydrogen (secondary N) is 3. The largest absolute Gasteiger partial charge is 0.496 e. The van der Waals surface area contributed by atoms with Crippen LogP contribution in [0.3, 0.4) is 0 Å². The molecule has 0 aliphatic heterocycles. The van der Waals surface area contributed by atoms with Crippen LogP contribution in [0.25, 0.3) is 10.9 Å². The number of carbonyl (C=O) groups excluding carboxylic acids is 2. The Morgan fingerprint density at radius 2 is 2.13 bits per heavy atom. The molecule has 0 saturated carbocycles. The van der Waals surface area contributed by atoms with Crippen LogP contribution in [-0.4, -0.2) is 45.5 Å². The number of carbonyl (C=O) groups is 2. The van der Waals surface area contributed by atoms with Gasteiger partial charge >= 0.3 is 0 Å². The average Bonchev–Trinajstić information content (AvgIpc) is 3.41. The number of H-pyrrole nitrogens is 1. The Hall–Kier alpha value is -3.80. The van der Waals surface area contributed by atoms with E-state index in [-0.39, 0.29) is 12.5 Å². The summed E-state index contributed by atoms with van der Waals surface area (Å²) in [6.07, 6.45) is 5.33. The molecule has 0 unspecified atom stereocenters. The normalized spacial score (nSPS) is 12.9. The van der Waals surface area contributed by atoms with Crippen LogP contribution < -0.4 is 15.4 Å².